The fourth-order valence-electron chi connectivity index (χ4n) is 5.13. The van der Waals surface area contributed by atoms with E-state index in [-0.39, 0.29) is 57.7 Å². The lowest BCUT2D eigenvalue weighted by molar-refractivity contribution is 0.0694. The highest BCUT2D eigenvalue weighted by atomic mass is 16.5. The van der Waals surface area contributed by atoms with Crippen LogP contribution >= 0.6 is 0 Å². The lowest BCUT2D eigenvalue weighted by Crippen LogP contribution is -2.27. The Hall–Kier alpha value is -3.22. The molecule has 1 aromatic carbocycles. The van der Waals surface area contributed by atoms with Gasteiger partial charge in [-0.1, -0.05) is 13.8 Å². The van der Waals surface area contributed by atoms with E-state index in [1.807, 2.05) is 27.7 Å². The molecule has 4 aliphatic rings. The van der Waals surface area contributed by atoms with Crippen molar-refractivity contribution in [2.75, 3.05) is 0 Å². The summed E-state index contributed by atoms with van der Waals surface area (Å²) in [7, 11) is 0. The van der Waals surface area contributed by atoms with E-state index in [2.05, 4.69) is 0 Å². The van der Waals surface area contributed by atoms with Crippen molar-refractivity contribution < 1.29 is 28.9 Å². The molecule has 162 valence electrons. The van der Waals surface area contributed by atoms with Gasteiger partial charge in [-0.3, -0.25) is 4.79 Å². The van der Waals surface area contributed by atoms with E-state index in [0.29, 0.717) is 28.0 Å². The molecule has 0 fully saturated rings. The Labute approximate surface area is 178 Å². The van der Waals surface area contributed by atoms with Gasteiger partial charge in [-0.25, -0.2) is 4.79 Å². The predicted molar refractivity (Wildman–Crippen MR) is 114 cm³/mol. The lowest BCUT2D eigenvalue weighted by atomic mass is 9.83. The third-order valence-corrected chi connectivity index (χ3v) is 7.17. The molecule has 4 unspecified atom stereocenters. The molecule has 4 atom stereocenters. The summed E-state index contributed by atoms with van der Waals surface area (Å²) in [5.41, 5.74) is 2.23. The first-order chi connectivity index (χ1) is 14.6. The Bertz CT molecular complexity index is 1330. The number of hydrogen-bond donors (Lipinski definition) is 2. The Morgan fingerprint density at radius 2 is 1.48 bits per heavy atom. The van der Waals surface area contributed by atoms with E-state index < -0.39 is 5.97 Å². The smallest absolute Gasteiger partial charge is 0.343 e. The molecular weight excluding hydrogens is 400 g/mol. The maximum Gasteiger partial charge on any atom is 0.343 e. The number of carboxylic acids is 1. The van der Waals surface area contributed by atoms with Gasteiger partial charge in [-0.15, -0.1) is 0 Å². The van der Waals surface area contributed by atoms with Gasteiger partial charge in [0.25, 0.3) is 0 Å². The average Bonchev–Trinajstić information content (AvgIpc) is 3.00. The predicted octanol–water partition coefficient (Wildman–Crippen LogP) is 4.69. The van der Waals surface area contributed by atoms with Gasteiger partial charge >= 0.3 is 5.97 Å². The van der Waals surface area contributed by atoms with Crippen LogP contribution in [0.1, 0.15) is 72.1 Å². The highest BCUT2D eigenvalue weighted by Gasteiger charge is 2.42. The van der Waals surface area contributed by atoms with Crippen LogP contribution < -0.4 is 14.9 Å². The maximum absolute atomic E-state index is 13.5. The molecular formula is C24H24O7. The maximum atomic E-state index is 13.5. The van der Waals surface area contributed by atoms with Gasteiger partial charge in [0.2, 0.25) is 0 Å². The molecule has 0 saturated carbocycles. The Balaban J connectivity index is 2.09. The van der Waals surface area contributed by atoms with E-state index in [1.165, 1.54) is 0 Å². The van der Waals surface area contributed by atoms with E-state index in [4.69, 9.17) is 13.9 Å². The van der Waals surface area contributed by atoms with E-state index >= 15 is 0 Å². The van der Waals surface area contributed by atoms with Gasteiger partial charge in [-0.05, 0) is 38.8 Å². The van der Waals surface area contributed by atoms with Crippen molar-refractivity contribution in [1.29, 1.82) is 0 Å². The minimum Gasteiger partial charge on any atom is -0.507 e. The molecule has 0 aromatic heterocycles. The van der Waals surface area contributed by atoms with Gasteiger partial charge < -0.3 is 24.1 Å². The fourth-order valence-corrected chi connectivity index (χ4v) is 5.13. The number of hydrogen-bond acceptors (Lipinski definition) is 6. The number of rotatable bonds is 1. The van der Waals surface area contributed by atoms with Gasteiger partial charge in [0, 0.05) is 23.0 Å². The summed E-state index contributed by atoms with van der Waals surface area (Å²) in [4.78, 5) is 25.6. The second kappa shape index (κ2) is 6.15. The van der Waals surface area contributed by atoms with Crippen molar-refractivity contribution in [3.63, 3.8) is 0 Å². The Morgan fingerprint density at radius 3 is 2.10 bits per heavy atom. The number of ether oxygens (including phenoxy) is 2. The van der Waals surface area contributed by atoms with Crippen molar-refractivity contribution in [3.8, 4) is 28.6 Å². The molecule has 3 aliphatic heterocycles. The molecule has 7 nitrogen and oxygen atoms in total. The van der Waals surface area contributed by atoms with Crippen molar-refractivity contribution in [2.24, 2.45) is 0 Å². The molecule has 3 heterocycles. The van der Waals surface area contributed by atoms with Crippen molar-refractivity contribution in [1.82, 2.24) is 0 Å². The molecule has 5 rings (SSSR count). The molecule has 0 amide bonds. The molecule has 0 saturated heterocycles. The molecule has 1 aliphatic carbocycles. The number of carbonyl (C=O) groups is 1. The van der Waals surface area contributed by atoms with E-state index in [9.17, 15) is 19.8 Å². The molecule has 2 N–H and O–H groups in total. The zero-order valence-electron chi connectivity index (χ0n) is 18.2. The molecule has 0 bridgehead atoms. The van der Waals surface area contributed by atoms with Crippen LogP contribution in [-0.2, 0) is 0 Å². The van der Waals surface area contributed by atoms with Crippen molar-refractivity contribution in [3.05, 3.63) is 38.0 Å². The topological polar surface area (TPSA) is 106 Å². The highest BCUT2D eigenvalue weighted by Crippen LogP contribution is 2.55. The first-order valence-electron chi connectivity index (χ1n) is 10.4. The van der Waals surface area contributed by atoms with Gasteiger partial charge in [0.15, 0.2) is 22.5 Å². The van der Waals surface area contributed by atoms with Crippen molar-refractivity contribution >= 4 is 16.9 Å². The summed E-state index contributed by atoms with van der Waals surface area (Å²) < 4.78 is 18.4. The van der Waals surface area contributed by atoms with Crippen molar-refractivity contribution in [2.45, 2.75) is 65.6 Å². The lowest BCUT2D eigenvalue weighted by Gasteiger charge is -2.33. The first kappa shape index (κ1) is 19.7. The molecule has 7 heteroatoms. The largest absolute Gasteiger partial charge is 0.507 e. The normalized spacial score (nSPS) is 24.2. The number of fused-ring (bicyclic) bond motifs is 4. The zero-order valence-corrected chi connectivity index (χ0v) is 18.2. The van der Waals surface area contributed by atoms with Gasteiger partial charge in [0.05, 0.1) is 5.39 Å². The quantitative estimate of drug-likeness (QED) is 0.546. The number of carboxylic acid groups (broad SMARTS) is 1. The SMILES string of the molecule is Cc1c(O)c(C(=O)O)c2oc3c4c(c(C)c(=O)c-3c3c2c1C(C)C(C)O3)C(C)C(C)O4. The van der Waals surface area contributed by atoms with Crippen LogP contribution in [0.5, 0.6) is 17.2 Å². The number of aromatic hydroxyl groups is 1. The molecule has 0 radical (unpaired) electrons. The van der Waals surface area contributed by atoms with Gasteiger partial charge in [0.1, 0.15) is 34.8 Å². The van der Waals surface area contributed by atoms with E-state index in [0.717, 1.165) is 11.1 Å². The third-order valence-electron chi connectivity index (χ3n) is 7.17. The summed E-state index contributed by atoms with van der Waals surface area (Å²) in [6, 6.07) is 0. The summed E-state index contributed by atoms with van der Waals surface area (Å²) >= 11 is 0. The molecule has 1 aromatic rings. The monoisotopic (exact) mass is 424 g/mol. The minimum atomic E-state index is -1.32. The van der Waals surface area contributed by atoms with Crippen LogP contribution in [0.15, 0.2) is 9.21 Å². The minimum absolute atomic E-state index is 0.00638. The summed E-state index contributed by atoms with van der Waals surface area (Å²) in [6.45, 7) is 11.2. The zero-order chi connectivity index (χ0) is 22.5. The van der Waals surface area contributed by atoms with Crippen LogP contribution in [0.3, 0.4) is 0 Å². The number of benzene rings is 2. The van der Waals surface area contributed by atoms with Gasteiger partial charge in [-0.2, -0.15) is 0 Å². The second-order valence-electron chi connectivity index (χ2n) is 8.83. The average molecular weight is 424 g/mol. The fraction of sp³-hybridized carbons (Fsp3) is 0.417. The highest BCUT2D eigenvalue weighted by molar-refractivity contribution is 6.09. The first-order valence-corrected chi connectivity index (χ1v) is 10.4. The van der Waals surface area contributed by atoms with Crippen LogP contribution in [0.25, 0.3) is 22.3 Å². The molecule has 31 heavy (non-hydrogen) atoms. The second-order valence-corrected chi connectivity index (χ2v) is 8.83. The number of aromatic carboxylic acids is 1. The Morgan fingerprint density at radius 1 is 0.903 bits per heavy atom. The summed E-state index contributed by atoms with van der Waals surface area (Å²) in [6.07, 6.45) is -0.455. The van der Waals surface area contributed by atoms with E-state index in [1.54, 1.807) is 13.8 Å². The third kappa shape index (κ3) is 2.29. The van der Waals surface area contributed by atoms with Crippen LogP contribution in [0.2, 0.25) is 0 Å². The molecule has 0 spiro atoms. The summed E-state index contributed by atoms with van der Waals surface area (Å²) in [5, 5.41) is 21.1. The van der Waals surface area contributed by atoms with Crippen LogP contribution in [0.4, 0.5) is 0 Å². The standard InChI is InChI=1S/C24H24O7/c1-7-11(5)29-20-15-13(7)9(3)19(26)17(24(27)28)21(15)31-23-16(20)18(25)10(4)14-8(2)12(6)30-22(14)23/h7-8,11-12,26H,1-6H3,(H,27,28). The van der Waals surface area contributed by atoms with Crippen LogP contribution in [-0.4, -0.2) is 28.4 Å². The summed E-state index contributed by atoms with van der Waals surface area (Å²) in [5.74, 6) is -0.900. The Kier molecular flexibility index (Phi) is 3.92. The number of phenols is 1. The van der Waals surface area contributed by atoms with Crippen LogP contribution in [0, 0.1) is 13.8 Å².